The molecular formula is C11H9BrN2O. The van der Waals surface area contributed by atoms with Gasteiger partial charge in [-0.1, -0.05) is 6.07 Å². The van der Waals surface area contributed by atoms with Gasteiger partial charge in [0.2, 0.25) is 0 Å². The van der Waals surface area contributed by atoms with Crippen molar-refractivity contribution in [2.45, 2.75) is 6.61 Å². The van der Waals surface area contributed by atoms with E-state index in [1.165, 1.54) is 0 Å². The number of pyridine rings is 2. The molecule has 0 atom stereocenters. The summed E-state index contributed by atoms with van der Waals surface area (Å²) in [6.45, 7) is -0.0130. The molecule has 0 amide bonds. The molecule has 0 fully saturated rings. The molecule has 0 saturated heterocycles. The molecule has 2 rings (SSSR count). The van der Waals surface area contributed by atoms with Gasteiger partial charge in [-0.2, -0.15) is 0 Å². The molecule has 0 unspecified atom stereocenters. The summed E-state index contributed by atoms with van der Waals surface area (Å²) < 4.78 is 0.673. The lowest BCUT2D eigenvalue weighted by atomic mass is 10.2. The third-order valence-corrected chi connectivity index (χ3v) is 2.74. The number of aliphatic hydroxyl groups excluding tert-OH is 1. The first-order chi connectivity index (χ1) is 7.31. The third-order valence-electron chi connectivity index (χ3n) is 2.05. The van der Waals surface area contributed by atoms with Gasteiger partial charge in [-0.25, -0.2) is 4.98 Å². The van der Waals surface area contributed by atoms with Crippen LogP contribution in [0.1, 0.15) is 5.56 Å². The second kappa shape index (κ2) is 4.51. The van der Waals surface area contributed by atoms with E-state index in [9.17, 15) is 0 Å². The van der Waals surface area contributed by atoms with Gasteiger partial charge in [-0.15, -0.1) is 0 Å². The topological polar surface area (TPSA) is 46.0 Å². The lowest BCUT2D eigenvalue weighted by Crippen LogP contribution is -1.91. The lowest BCUT2D eigenvalue weighted by Gasteiger charge is -2.03. The Kier molecular flexibility index (Phi) is 3.08. The highest BCUT2D eigenvalue weighted by Gasteiger charge is 2.03. The molecular weight excluding hydrogens is 256 g/mol. The first kappa shape index (κ1) is 10.3. The number of halogens is 1. The molecule has 0 saturated carbocycles. The van der Waals surface area contributed by atoms with Crippen LogP contribution in [0.2, 0.25) is 0 Å². The van der Waals surface area contributed by atoms with Gasteiger partial charge in [-0.05, 0) is 34.1 Å². The molecule has 3 nitrogen and oxygen atoms in total. The van der Waals surface area contributed by atoms with E-state index < -0.39 is 0 Å². The largest absolute Gasteiger partial charge is 0.392 e. The monoisotopic (exact) mass is 264 g/mol. The molecule has 0 bridgehead atoms. The Bertz CT molecular complexity index is 459. The van der Waals surface area contributed by atoms with Crippen molar-refractivity contribution in [2.75, 3.05) is 0 Å². The Hall–Kier alpha value is -1.26. The van der Waals surface area contributed by atoms with Gasteiger partial charge in [0.15, 0.2) is 0 Å². The minimum atomic E-state index is -0.0130. The fourth-order valence-electron chi connectivity index (χ4n) is 1.26. The summed E-state index contributed by atoms with van der Waals surface area (Å²) >= 11 is 3.31. The second-order valence-electron chi connectivity index (χ2n) is 3.05. The van der Waals surface area contributed by atoms with E-state index >= 15 is 0 Å². The third kappa shape index (κ3) is 2.22. The van der Waals surface area contributed by atoms with Crippen molar-refractivity contribution in [2.24, 2.45) is 0 Å². The van der Waals surface area contributed by atoms with Crippen LogP contribution in [0.3, 0.4) is 0 Å². The van der Waals surface area contributed by atoms with E-state index in [0.717, 1.165) is 16.8 Å². The Morgan fingerprint density at radius 1 is 1.27 bits per heavy atom. The maximum absolute atomic E-state index is 9.00. The van der Waals surface area contributed by atoms with Crippen LogP contribution in [0.4, 0.5) is 0 Å². The van der Waals surface area contributed by atoms with E-state index in [2.05, 4.69) is 25.9 Å². The van der Waals surface area contributed by atoms with E-state index in [0.29, 0.717) is 4.60 Å². The normalized spacial score (nSPS) is 10.3. The van der Waals surface area contributed by atoms with Crippen molar-refractivity contribution in [1.29, 1.82) is 0 Å². The van der Waals surface area contributed by atoms with E-state index in [4.69, 9.17) is 5.11 Å². The Balaban J connectivity index is 2.43. The van der Waals surface area contributed by atoms with Crippen LogP contribution in [-0.4, -0.2) is 15.1 Å². The number of nitrogens with zero attached hydrogens (tertiary/aromatic N) is 2. The van der Waals surface area contributed by atoms with Crippen LogP contribution < -0.4 is 0 Å². The highest BCUT2D eigenvalue weighted by atomic mass is 79.9. The molecule has 2 heterocycles. The minimum Gasteiger partial charge on any atom is -0.392 e. The van der Waals surface area contributed by atoms with Crippen LogP contribution in [0.15, 0.2) is 41.3 Å². The summed E-state index contributed by atoms with van der Waals surface area (Å²) in [7, 11) is 0. The maximum atomic E-state index is 9.00. The molecule has 0 aliphatic carbocycles. The zero-order chi connectivity index (χ0) is 10.7. The van der Waals surface area contributed by atoms with Gasteiger partial charge in [-0.3, -0.25) is 4.98 Å². The number of hydrogen-bond acceptors (Lipinski definition) is 3. The van der Waals surface area contributed by atoms with E-state index in [1.807, 2.05) is 24.3 Å². The summed E-state index contributed by atoms with van der Waals surface area (Å²) in [6, 6.07) is 7.53. The highest BCUT2D eigenvalue weighted by molar-refractivity contribution is 9.10. The fourth-order valence-corrected chi connectivity index (χ4v) is 1.70. The molecule has 76 valence electrons. The maximum Gasteiger partial charge on any atom is 0.112 e. The van der Waals surface area contributed by atoms with Crippen molar-refractivity contribution in [3.8, 4) is 11.3 Å². The van der Waals surface area contributed by atoms with Crippen LogP contribution in [-0.2, 0) is 6.61 Å². The van der Waals surface area contributed by atoms with Crippen LogP contribution >= 0.6 is 15.9 Å². The van der Waals surface area contributed by atoms with Gasteiger partial charge >= 0.3 is 0 Å². The van der Waals surface area contributed by atoms with Crippen LogP contribution in [0, 0.1) is 0 Å². The lowest BCUT2D eigenvalue weighted by molar-refractivity contribution is 0.280. The average Bonchev–Trinajstić information content (AvgIpc) is 2.30. The minimum absolute atomic E-state index is 0.0130. The predicted molar refractivity (Wildman–Crippen MR) is 61.1 cm³/mol. The van der Waals surface area contributed by atoms with Crippen molar-refractivity contribution in [1.82, 2.24) is 9.97 Å². The second-order valence-corrected chi connectivity index (χ2v) is 3.80. The zero-order valence-electron chi connectivity index (χ0n) is 7.89. The summed E-state index contributed by atoms with van der Waals surface area (Å²) in [5, 5.41) is 9.00. The first-order valence-electron chi connectivity index (χ1n) is 4.48. The van der Waals surface area contributed by atoms with Gasteiger partial charge in [0.1, 0.15) is 4.60 Å². The van der Waals surface area contributed by atoms with Crippen LogP contribution in [0.25, 0.3) is 11.3 Å². The van der Waals surface area contributed by atoms with E-state index in [-0.39, 0.29) is 6.61 Å². The summed E-state index contributed by atoms with van der Waals surface area (Å²) in [5.74, 6) is 0. The number of hydrogen-bond donors (Lipinski definition) is 1. The zero-order valence-corrected chi connectivity index (χ0v) is 9.48. The van der Waals surface area contributed by atoms with Crippen LogP contribution in [0.5, 0.6) is 0 Å². The quantitative estimate of drug-likeness (QED) is 0.848. The smallest absolute Gasteiger partial charge is 0.112 e. The molecule has 2 aromatic rings. The highest BCUT2D eigenvalue weighted by Crippen LogP contribution is 2.21. The Morgan fingerprint density at radius 2 is 2.13 bits per heavy atom. The molecule has 2 aromatic heterocycles. The average molecular weight is 265 g/mol. The molecule has 0 aliphatic heterocycles. The number of aliphatic hydroxyl groups is 1. The molecule has 0 radical (unpaired) electrons. The molecule has 0 aliphatic rings. The Labute approximate surface area is 96.0 Å². The number of rotatable bonds is 2. The van der Waals surface area contributed by atoms with Crippen molar-refractivity contribution in [3.05, 3.63) is 46.8 Å². The molecule has 4 heteroatoms. The fraction of sp³-hybridized carbons (Fsp3) is 0.0909. The van der Waals surface area contributed by atoms with Gasteiger partial charge < -0.3 is 5.11 Å². The summed E-state index contributed by atoms with van der Waals surface area (Å²) in [4.78, 5) is 8.36. The van der Waals surface area contributed by atoms with Gasteiger partial charge in [0, 0.05) is 23.5 Å². The van der Waals surface area contributed by atoms with Gasteiger partial charge in [0.25, 0.3) is 0 Å². The summed E-state index contributed by atoms with van der Waals surface area (Å²) in [6.07, 6.45) is 3.48. The Morgan fingerprint density at radius 3 is 2.73 bits per heavy atom. The van der Waals surface area contributed by atoms with E-state index in [1.54, 1.807) is 12.4 Å². The molecule has 1 N–H and O–H groups in total. The summed E-state index contributed by atoms with van der Waals surface area (Å²) in [5.41, 5.74) is 2.58. The van der Waals surface area contributed by atoms with Crippen molar-refractivity contribution < 1.29 is 5.11 Å². The van der Waals surface area contributed by atoms with Crippen molar-refractivity contribution >= 4 is 15.9 Å². The van der Waals surface area contributed by atoms with Crippen molar-refractivity contribution in [3.63, 3.8) is 0 Å². The standard InChI is InChI=1S/C11H9BrN2O/c12-11-9(7-15)3-4-10(14-11)8-2-1-5-13-6-8/h1-6,15H,7H2. The number of aromatic nitrogens is 2. The first-order valence-corrected chi connectivity index (χ1v) is 5.27. The molecule has 0 spiro atoms. The van der Waals surface area contributed by atoms with Gasteiger partial charge in [0.05, 0.1) is 12.3 Å². The molecule has 15 heavy (non-hydrogen) atoms. The SMILES string of the molecule is OCc1ccc(-c2cccnc2)nc1Br. The predicted octanol–water partition coefficient (Wildman–Crippen LogP) is 2.40. The molecule has 0 aromatic carbocycles.